The quantitative estimate of drug-likeness (QED) is 0.769. The van der Waals surface area contributed by atoms with Crippen LogP contribution in [0.5, 0.6) is 17.2 Å². The van der Waals surface area contributed by atoms with Crippen LogP contribution in [0.1, 0.15) is 5.56 Å². The number of anilines is 1. The first-order chi connectivity index (χ1) is 12.0. The molecule has 7 heteroatoms. The number of benzene rings is 2. The van der Waals surface area contributed by atoms with E-state index in [0.717, 1.165) is 0 Å². The summed E-state index contributed by atoms with van der Waals surface area (Å²) < 4.78 is 39.4. The highest BCUT2D eigenvalue weighted by molar-refractivity contribution is 6.02. The second kappa shape index (κ2) is 8.68. The van der Waals surface area contributed by atoms with Gasteiger partial charge in [-0.3, -0.25) is 4.79 Å². The average molecular weight is 349 g/mol. The van der Waals surface area contributed by atoms with E-state index in [1.165, 1.54) is 38.5 Å². The normalized spacial score (nSPS) is 10.8. The van der Waals surface area contributed by atoms with Gasteiger partial charge >= 0.3 is 6.61 Å². The minimum absolute atomic E-state index is 0.106. The molecule has 0 saturated carbocycles. The first kappa shape index (κ1) is 18.3. The molecule has 0 aliphatic rings. The fourth-order valence-electron chi connectivity index (χ4n) is 2.07. The summed E-state index contributed by atoms with van der Waals surface area (Å²) in [6, 6.07) is 11.1. The average Bonchev–Trinajstić information content (AvgIpc) is 2.61. The first-order valence-electron chi connectivity index (χ1n) is 7.28. The van der Waals surface area contributed by atoms with Gasteiger partial charge in [0.05, 0.1) is 19.9 Å². The Labute approximate surface area is 143 Å². The molecular formula is C18H17F2NO4. The number of ether oxygens (including phenoxy) is 3. The smallest absolute Gasteiger partial charge is 0.387 e. The third-order valence-electron chi connectivity index (χ3n) is 3.20. The van der Waals surface area contributed by atoms with Crippen molar-refractivity contribution in [3.8, 4) is 17.2 Å². The monoisotopic (exact) mass is 349 g/mol. The molecule has 132 valence electrons. The lowest BCUT2D eigenvalue weighted by Crippen LogP contribution is -2.11. The van der Waals surface area contributed by atoms with E-state index in [1.54, 1.807) is 30.3 Å². The molecule has 25 heavy (non-hydrogen) atoms. The largest absolute Gasteiger partial charge is 0.493 e. The second-order valence-corrected chi connectivity index (χ2v) is 4.81. The Bertz CT molecular complexity index is 762. The van der Waals surface area contributed by atoms with Crippen molar-refractivity contribution in [1.82, 2.24) is 0 Å². The second-order valence-electron chi connectivity index (χ2n) is 4.81. The SMILES string of the molecule is COc1ccc(/C=C/C(=O)Nc2ccccc2OC(F)F)cc1OC. The number of nitrogens with one attached hydrogen (secondary N) is 1. The Hall–Kier alpha value is -3.09. The third kappa shape index (κ3) is 5.20. The molecule has 2 aromatic rings. The lowest BCUT2D eigenvalue weighted by molar-refractivity contribution is -0.111. The van der Waals surface area contributed by atoms with E-state index in [1.807, 2.05) is 0 Å². The Morgan fingerprint density at radius 3 is 2.44 bits per heavy atom. The van der Waals surface area contributed by atoms with E-state index >= 15 is 0 Å². The maximum atomic E-state index is 12.4. The molecule has 0 aromatic heterocycles. The van der Waals surface area contributed by atoms with Gasteiger partial charge in [0, 0.05) is 6.08 Å². The van der Waals surface area contributed by atoms with Crippen molar-refractivity contribution in [1.29, 1.82) is 0 Å². The third-order valence-corrected chi connectivity index (χ3v) is 3.20. The van der Waals surface area contributed by atoms with Crippen molar-refractivity contribution in [2.75, 3.05) is 19.5 Å². The topological polar surface area (TPSA) is 56.8 Å². The predicted octanol–water partition coefficient (Wildman–Crippen LogP) is 3.96. The number of rotatable bonds is 7. The van der Waals surface area contributed by atoms with Crippen molar-refractivity contribution in [2.45, 2.75) is 6.61 Å². The zero-order chi connectivity index (χ0) is 18.2. The molecule has 0 aliphatic heterocycles. The molecule has 0 saturated heterocycles. The van der Waals surface area contributed by atoms with Gasteiger partial charge in [-0.25, -0.2) is 0 Å². The number of carbonyl (C=O) groups is 1. The lowest BCUT2D eigenvalue weighted by Gasteiger charge is -2.10. The Kier molecular flexibility index (Phi) is 6.33. The molecule has 0 fully saturated rings. The number of halogens is 2. The molecule has 1 N–H and O–H groups in total. The fourth-order valence-corrected chi connectivity index (χ4v) is 2.07. The molecule has 1 amide bonds. The summed E-state index contributed by atoms with van der Waals surface area (Å²) in [5.74, 6) is 0.508. The summed E-state index contributed by atoms with van der Waals surface area (Å²) in [6.07, 6.45) is 2.84. The minimum atomic E-state index is -2.97. The number of carbonyl (C=O) groups excluding carboxylic acids is 1. The lowest BCUT2D eigenvalue weighted by atomic mass is 10.2. The number of amides is 1. The molecule has 0 atom stereocenters. The van der Waals surface area contributed by atoms with Crippen LogP contribution >= 0.6 is 0 Å². The van der Waals surface area contributed by atoms with Crippen molar-refractivity contribution in [3.63, 3.8) is 0 Å². The summed E-state index contributed by atoms with van der Waals surface area (Å²) in [5.41, 5.74) is 0.870. The molecule has 0 unspecified atom stereocenters. The Morgan fingerprint density at radius 2 is 1.76 bits per heavy atom. The van der Waals surface area contributed by atoms with Crippen molar-refractivity contribution in [2.24, 2.45) is 0 Å². The van der Waals surface area contributed by atoms with Crippen molar-refractivity contribution < 1.29 is 27.8 Å². The van der Waals surface area contributed by atoms with Crippen LogP contribution in [-0.4, -0.2) is 26.7 Å². The number of alkyl halides is 2. The van der Waals surface area contributed by atoms with E-state index in [0.29, 0.717) is 17.1 Å². The van der Waals surface area contributed by atoms with Crippen LogP contribution in [0.2, 0.25) is 0 Å². The summed E-state index contributed by atoms with van der Waals surface area (Å²) in [5, 5.41) is 2.50. The highest BCUT2D eigenvalue weighted by atomic mass is 19.3. The Balaban J connectivity index is 2.09. The fraction of sp³-hybridized carbons (Fsp3) is 0.167. The molecule has 2 rings (SSSR count). The molecule has 5 nitrogen and oxygen atoms in total. The van der Waals surface area contributed by atoms with Gasteiger partial charge in [0.2, 0.25) is 5.91 Å². The van der Waals surface area contributed by atoms with Crippen LogP contribution in [-0.2, 0) is 4.79 Å². The molecular weight excluding hydrogens is 332 g/mol. The predicted molar refractivity (Wildman–Crippen MR) is 90.3 cm³/mol. The minimum Gasteiger partial charge on any atom is -0.493 e. The maximum Gasteiger partial charge on any atom is 0.387 e. The summed E-state index contributed by atoms with van der Waals surface area (Å²) in [4.78, 5) is 12.0. The zero-order valence-electron chi connectivity index (χ0n) is 13.7. The van der Waals surface area contributed by atoms with Crippen LogP contribution in [0.4, 0.5) is 14.5 Å². The van der Waals surface area contributed by atoms with Crippen LogP contribution < -0.4 is 19.5 Å². The maximum absolute atomic E-state index is 12.4. The highest BCUT2D eigenvalue weighted by Gasteiger charge is 2.10. The van der Waals surface area contributed by atoms with Gasteiger partial charge < -0.3 is 19.5 Å². The van der Waals surface area contributed by atoms with Gasteiger partial charge in [0.25, 0.3) is 0 Å². The number of hydrogen-bond donors (Lipinski definition) is 1. The standard InChI is InChI=1S/C18H17F2NO4/c1-23-15-9-7-12(11-16(15)24-2)8-10-17(22)21-13-5-3-4-6-14(13)25-18(19)20/h3-11,18H,1-2H3,(H,21,22)/b10-8+. The molecule has 0 spiro atoms. The van der Waals surface area contributed by atoms with E-state index in [4.69, 9.17) is 9.47 Å². The van der Waals surface area contributed by atoms with Crippen LogP contribution in [0.3, 0.4) is 0 Å². The first-order valence-corrected chi connectivity index (χ1v) is 7.28. The molecule has 0 radical (unpaired) electrons. The van der Waals surface area contributed by atoms with Crippen LogP contribution in [0.25, 0.3) is 6.08 Å². The number of hydrogen-bond acceptors (Lipinski definition) is 4. The van der Waals surface area contributed by atoms with Gasteiger partial charge in [0.15, 0.2) is 11.5 Å². The van der Waals surface area contributed by atoms with Crippen LogP contribution in [0.15, 0.2) is 48.5 Å². The van der Waals surface area contributed by atoms with E-state index in [9.17, 15) is 13.6 Å². The molecule has 2 aromatic carbocycles. The van der Waals surface area contributed by atoms with Gasteiger partial charge in [-0.1, -0.05) is 18.2 Å². The molecule has 0 bridgehead atoms. The number of para-hydroxylation sites is 2. The van der Waals surface area contributed by atoms with Gasteiger partial charge in [-0.2, -0.15) is 8.78 Å². The number of methoxy groups -OCH3 is 2. The van der Waals surface area contributed by atoms with E-state index in [2.05, 4.69) is 10.1 Å². The van der Waals surface area contributed by atoms with E-state index in [-0.39, 0.29) is 11.4 Å². The summed E-state index contributed by atoms with van der Waals surface area (Å²) in [6.45, 7) is -2.97. The Morgan fingerprint density at radius 1 is 1.04 bits per heavy atom. The van der Waals surface area contributed by atoms with E-state index < -0.39 is 12.5 Å². The highest BCUT2D eigenvalue weighted by Crippen LogP contribution is 2.28. The summed E-state index contributed by atoms with van der Waals surface area (Å²) in [7, 11) is 3.04. The van der Waals surface area contributed by atoms with Gasteiger partial charge in [-0.05, 0) is 35.9 Å². The van der Waals surface area contributed by atoms with Gasteiger partial charge in [-0.15, -0.1) is 0 Å². The van der Waals surface area contributed by atoms with Crippen LogP contribution in [0, 0.1) is 0 Å². The molecule has 0 aliphatic carbocycles. The molecule has 0 heterocycles. The summed E-state index contributed by atoms with van der Waals surface area (Å²) >= 11 is 0. The zero-order valence-corrected chi connectivity index (χ0v) is 13.7. The van der Waals surface area contributed by atoms with Gasteiger partial charge in [0.1, 0.15) is 5.75 Å². The van der Waals surface area contributed by atoms with Crippen molar-refractivity contribution >= 4 is 17.7 Å². The van der Waals surface area contributed by atoms with Crippen molar-refractivity contribution in [3.05, 3.63) is 54.1 Å².